The molecule has 1 saturated carbocycles. The molecule has 1 aromatic heterocycles. The number of hydrogen-bond donors (Lipinski definition) is 2. The largest absolute Gasteiger partial charge is 0.454 e. The lowest BCUT2D eigenvalue weighted by atomic mass is 10.3. The van der Waals surface area contributed by atoms with Crippen molar-refractivity contribution in [1.82, 2.24) is 4.98 Å². The average molecular weight is 305 g/mol. The highest BCUT2D eigenvalue weighted by atomic mass is 19.1. The molecule has 0 atom stereocenters. The number of pyridine rings is 1. The van der Waals surface area contributed by atoms with Gasteiger partial charge in [0.15, 0.2) is 11.6 Å². The lowest BCUT2D eigenvalue weighted by Crippen LogP contribution is -2.14. The molecular formula is C15H13F2N3O2. The summed E-state index contributed by atoms with van der Waals surface area (Å²) >= 11 is 0. The number of benzene rings is 1. The monoisotopic (exact) mass is 305 g/mol. The Labute approximate surface area is 125 Å². The highest BCUT2D eigenvalue weighted by Crippen LogP contribution is 2.31. The van der Waals surface area contributed by atoms with Gasteiger partial charge in [-0.1, -0.05) is 0 Å². The van der Waals surface area contributed by atoms with Crippen molar-refractivity contribution in [3.05, 3.63) is 42.1 Å². The minimum atomic E-state index is -0.778. The highest BCUT2D eigenvalue weighted by molar-refractivity contribution is 5.93. The Balaban J connectivity index is 1.77. The zero-order valence-electron chi connectivity index (χ0n) is 11.5. The average Bonchev–Trinajstić information content (AvgIpc) is 3.30. The number of anilines is 2. The molecule has 1 aromatic carbocycles. The predicted octanol–water partition coefficient (Wildman–Crippen LogP) is 3.08. The summed E-state index contributed by atoms with van der Waals surface area (Å²) in [7, 11) is 0. The number of carbonyl (C=O) groups is 1. The standard InChI is InChI=1S/C15H13F2N3O2/c16-10-7-13(11(17)6-12(10)18)22-9-3-4-19-14(5-9)20-15(21)8-1-2-8/h3-8H,1-2,18H2,(H,19,20,21). The first-order valence-electron chi connectivity index (χ1n) is 6.72. The van der Waals surface area contributed by atoms with Crippen LogP contribution in [0.3, 0.4) is 0 Å². The van der Waals surface area contributed by atoms with Gasteiger partial charge in [-0.15, -0.1) is 0 Å². The maximum Gasteiger partial charge on any atom is 0.228 e. The molecule has 1 heterocycles. The van der Waals surface area contributed by atoms with E-state index in [0.717, 1.165) is 25.0 Å². The number of amides is 1. The van der Waals surface area contributed by atoms with E-state index in [2.05, 4.69) is 10.3 Å². The number of nitrogen functional groups attached to an aromatic ring is 1. The molecule has 5 nitrogen and oxygen atoms in total. The molecule has 1 fully saturated rings. The molecule has 0 saturated heterocycles. The Kier molecular flexibility index (Phi) is 3.62. The number of aromatic nitrogens is 1. The van der Waals surface area contributed by atoms with Gasteiger partial charge in [-0.25, -0.2) is 13.8 Å². The molecule has 0 spiro atoms. The van der Waals surface area contributed by atoms with Crippen LogP contribution in [0, 0.1) is 17.6 Å². The molecule has 114 valence electrons. The van der Waals surface area contributed by atoms with Crippen LogP contribution in [0.4, 0.5) is 20.3 Å². The first-order chi connectivity index (χ1) is 10.5. The second-order valence-corrected chi connectivity index (χ2v) is 5.05. The smallest absolute Gasteiger partial charge is 0.228 e. The summed E-state index contributed by atoms with van der Waals surface area (Å²) in [6.45, 7) is 0. The van der Waals surface area contributed by atoms with Crippen LogP contribution in [-0.4, -0.2) is 10.9 Å². The fourth-order valence-electron chi connectivity index (χ4n) is 1.87. The van der Waals surface area contributed by atoms with Crippen LogP contribution in [0.5, 0.6) is 11.5 Å². The first-order valence-corrected chi connectivity index (χ1v) is 6.72. The molecule has 3 N–H and O–H groups in total. The van der Waals surface area contributed by atoms with Crippen molar-refractivity contribution >= 4 is 17.4 Å². The number of nitrogens with zero attached hydrogens (tertiary/aromatic N) is 1. The van der Waals surface area contributed by atoms with Crippen molar-refractivity contribution in [2.45, 2.75) is 12.8 Å². The SMILES string of the molecule is Nc1cc(F)c(Oc2ccnc(NC(=O)C3CC3)c2)cc1F. The third-order valence-electron chi connectivity index (χ3n) is 3.21. The van der Waals surface area contributed by atoms with Gasteiger partial charge in [0.25, 0.3) is 0 Å². The number of nitrogens with two attached hydrogens (primary N) is 1. The number of rotatable bonds is 4. The molecule has 0 bridgehead atoms. The molecular weight excluding hydrogens is 292 g/mol. The van der Waals surface area contributed by atoms with Gasteiger partial charge in [-0.3, -0.25) is 4.79 Å². The number of ether oxygens (including phenoxy) is 1. The van der Waals surface area contributed by atoms with E-state index in [-0.39, 0.29) is 29.0 Å². The van der Waals surface area contributed by atoms with Crippen LogP contribution in [-0.2, 0) is 4.79 Å². The van der Waals surface area contributed by atoms with Gasteiger partial charge in [0.05, 0.1) is 5.69 Å². The molecule has 0 radical (unpaired) electrons. The van der Waals surface area contributed by atoms with E-state index in [1.165, 1.54) is 18.3 Å². The van der Waals surface area contributed by atoms with Gasteiger partial charge in [0, 0.05) is 30.3 Å². The van der Waals surface area contributed by atoms with E-state index < -0.39 is 11.6 Å². The molecule has 1 aliphatic rings. The molecule has 1 aliphatic carbocycles. The molecule has 1 amide bonds. The van der Waals surface area contributed by atoms with Crippen LogP contribution >= 0.6 is 0 Å². The number of hydrogen-bond acceptors (Lipinski definition) is 4. The lowest BCUT2D eigenvalue weighted by molar-refractivity contribution is -0.117. The second kappa shape index (κ2) is 5.59. The Morgan fingerprint density at radius 2 is 2.05 bits per heavy atom. The molecule has 2 aromatic rings. The Morgan fingerprint density at radius 1 is 1.27 bits per heavy atom. The van der Waals surface area contributed by atoms with Gasteiger partial charge in [-0.05, 0) is 18.9 Å². The van der Waals surface area contributed by atoms with Gasteiger partial charge >= 0.3 is 0 Å². The summed E-state index contributed by atoms with van der Waals surface area (Å²) in [5.41, 5.74) is 4.97. The third-order valence-corrected chi connectivity index (χ3v) is 3.21. The highest BCUT2D eigenvalue weighted by Gasteiger charge is 2.29. The molecule has 0 aliphatic heterocycles. The van der Waals surface area contributed by atoms with E-state index in [4.69, 9.17) is 10.5 Å². The topological polar surface area (TPSA) is 77.2 Å². The fraction of sp³-hybridized carbons (Fsp3) is 0.200. The van der Waals surface area contributed by atoms with E-state index in [1.54, 1.807) is 0 Å². The van der Waals surface area contributed by atoms with Crippen molar-refractivity contribution in [2.75, 3.05) is 11.1 Å². The molecule has 7 heteroatoms. The fourth-order valence-corrected chi connectivity index (χ4v) is 1.87. The Morgan fingerprint density at radius 3 is 2.77 bits per heavy atom. The van der Waals surface area contributed by atoms with Crippen LogP contribution in [0.25, 0.3) is 0 Å². The van der Waals surface area contributed by atoms with E-state index in [1.807, 2.05) is 0 Å². The maximum atomic E-state index is 13.7. The quantitative estimate of drug-likeness (QED) is 0.851. The molecule has 0 unspecified atom stereocenters. The van der Waals surface area contributed by atoms with Crippen molar-refractivity contribution in [3.63, 3.8) is 0 Å². The van der Waals surface area contributed by atoms with Crippen molar-refractivity contribution in [1.29, 1.82) is 0 Å². The first kappa shape index (κ1) is 14.2. The zero-order chi connectivity index (χ0) is 15.7. The summed E-state index contributed by atoms with van der Waals surface area (Å²) in [6, 6.07) is 4.63. The van der Waals surface area contributed by atoms with Crippen LogP contribution in [0.1, 0.15) is 12.8 Å². The van der Waals surface area contributed by atoms with E-state index in [0.29, 0.717) is 5.82 Å². The van der Waals surface area contributed by atoms with Crippen LogP contribution < -0.4 is 15.8 Å². The Bertz CT molecular complexity index is 733. The minimum Gasteiger partial charge on any atom is -0.454 e. The number of nitrogens with one attached hydrogen (secondary N) is 1. The summed E-state index contributed by atoms with van der Waals surface area (Å²) in [6.07, 6.45) is 3.15. The second-order valence-electron chi connectivity index (χ2n) is 5.05. The van der Waals surface area contributed by atoms with Crippen LogP contribution in [0.2, 0.25) is 0 Å². The summed E-state index contributed by atoms with van der Waals surface area (Å²) in [4.78, 5) is 15.7. The van der Waals surface area contributed by atoms with Gasteiger partial charge in [0.2, 0.25) is 5.91 Å². The summed E-state index contributed by atoms with van der Waals surface area (Å²) in [5, 5.41) is 2.65. The van der Waals surface area contributed by atoms with Gasteiger partial charge < -0.3 is 15.8 Å². The predicted molar refractivity (Wildman–Crippen MR) is 76.4 cm³/mol. The summed E-state index contributed by atoms with van der Waals surface area (Å²) < 4.78 is 32.3. The van der Waals surface area contributed by atoms with Crippen molar-refractivity contribution in [3.8, 4) is 11.5 Å². The third kappa shape index (κ3) is 3.13. The molecule has 3 rings (SSSR count). The lowest BCUT2D eigenvalue weighted by Gasteiger charge is -2.09. The normalized spacial score (nSPS) is 13.7. The van der Waals surface area contributed by atoms with Gasteiger partial charge in [-0.2, -0.15) is 0 Å². The number of carbonyl (C=O) groups excluding carboxylic acids is 1. The van der Waals surface area contributed by atoms with Gasteiger partial charge in [0.1, 0.15) is 17.4 Å². The van der Waals surface area contributed by atoms with Crippen LogP contribution in [0.15, 0.2) is 30.5 Å². The van der Waals surface area contributed by atoms with Crippen molar-refractivity contribution < 1.29 is 18.3 Å². The number of halogens is 2. The molecule has 22 heavy (non-hydrogen) atoms. The zero-order valence-corrected chi connectivity index (χ0v) is 11.5. The van der Waals surface area contributed by atoms with E-state index >= 15 is 0 Å². The van der Waals surface area contributed by atoms with E-state index in [9.17, 15) is 13.6 Å². The van der Waals surface area contributed by atoms with Crippen molar-refractivity contribution in [2.24, 2.45) is 5.92 Å². The minimum absolute atomic E-state index is 0.0370. The maximum absolute atomic E-state index is 13.7. The summed E-state index contributed by atoms with van der Waals surface area (Å²) in [5.74, 6) is -1.39. The Hall–Kier alpha value is -2.70.